The van der Waals surface area contributed by atoms with Crippen LogP contribution in [0, 0.1) is 33.9 Å². The van der Waals surface area contributed by atoms with E-state index in [1.807, 2.05) is 6.92 Å². The number of benzene rings is 2. The average molecular weight is 445 g/mol. The maximum absolute atomic E-state index is 14.4. The van der Waals surface area contributed by atoms with Crippen LogP contribution in [-0.2, 0) is 4.79 Å². The fraction of sp³-hybridized carbons (Fsp3) is 0.333. The second-order valence-corrected chi connectivity index (χ2v) is 9.14. The molecule has 0 aromatic heterocycles. The molecule has 1 fully saturated rings. The van der Waals surface area contributed by atoms with Gasteiger partial charge in [0.05, 0.1) is 22.4 Å². The molecule has 0 spiro atoms. The van der Waals surface area contributed by atoms with Crippen molar-refractivity contribution < 1.29 is 9.18 Å². The van der Waals surface area contributed by atoms with E-state index in [9.17, 15) is 14.4 Å². The largest absolute Gasteiger partial charge is 0.324 e. The van der Waals surface area contributed by atoms with Gasteiger partial charge in [-0.05, 0) is 60.1 Å². The SMILES string of the molecule is C=C(/C=C(\N=NC)c1ccccc1F)[C@@H]1CC[C@@](C)(C(=O)Nc2ccccc2C#N)C1(C)C. The third kappa shape index (κ3) is 4.49. The normalized spacial score (nSPS) is 22.2. The number of nitriles is 1. The molecule has 3 rings (SSSR count). The van der Waals surface area contributed by atoms with Gasteiger partial charge in [0.25, 0.3) is 0 Å². The van der Waals surface area contributed by atoms with Crippen LogP contribution in [0.15, 0.2) is 77.0 Å². The van der Waals surface area contributed by atoms with Crippen molar-refractivity contribution in [3.8, 4) is 6.07 Å². The van der Waals surface area contributed by atoms with Gasteiger partial charge in [0.1, 0.15) is 11.9 Å². The van der Waals surface area contributed by atoms with Crippen LogP contribution in [0.3, 0.4) is 0 Å². The first kappa shape index (κ1) is 24.1. The van der Waals surface area contributed by atoms with Crippen molar-refractivity contribution in [3.05, 3.63) is 83.7 Å². The quantitative estimate of drug-likeness (QED) is 0.395. The van der Waals surface area contributed by atoms with Gasteiger partial charge >= 0.3 is 0 Å². The minimum atomic E-state index is -0.693. The van der Waals surface area contributed by atoms with Gasteiger partial charge in [-0.15, -0.1) is 0 Å². The number of amides is 1. The summed E-state index contributed by atoms with van der Waals surface area (Å²) in [7, 11) is 1.54. The molecule has 6 heteroatoms. The number of allylic oxidation sites excluding steroid dienone is 2. The molecule has 170 valence electrons. The lowest BCUT2D eigenvalue weighted by molar-refractivity contribution is -0.130. The number of nitrogens with one attached hydrogen (secondary N) is 1. The number of hydrogen-bond donors (Lipinski definition) is 1. The molecule has 0 heterocycles. The molecule has 1 aliphatic carbocycles. The standard InChI is InChI=1S/C27H29FN4O/c1-18(16-24(32-30-5)20-11-7-8-12-22(20)28)21-14-15-27(4,26(21,2)3)25(33)31-23-13-9-6-10-19(23)17-29/h6-13,16,21H,1,14-15H2,2-5H3,(H,31,33)/b24-16-,32-30?/t21-,27-/m0/s1. The third-order valence-electron chi connectivity index (χ3n) is 7.15. The van der Waals surface area contributed by atoms with Crippen LogP contribution in [0.5, 0.6) is 0 Å². The number of hydrogen-bond acceptors (Lipinski definition) is 4. The van der Waals surface area contributed by atoms with Crippen LogP contribution in [-0.4, -0.2) is 13.0 Å². The Kier molecular flexibility index (Phi) is 6.92. The highest BCUT2D eigenvalue weighted by Gasteiger charge is 2.56. The lowest BCUT2D eigenvalue weighted by Gasteiger charge is -2.41. The van der Waals surface area contributed by atoms with E-state index in [2.05, 4.69) is 42.0 Å². The van der Waals surface area contributed by atoms with E-state index in [4.69, 9.17) is 0 Å². The Morgan fingerprint density at radius 2 is 1.88 bits per heavy atom. The number of rotatable bonds is 6. The number of nitrogens with zero attached hydrogens (tertiary/aromatic N) is 3. The van der Waals surface area contributed by atoms with Crippen molar-refractivity contribution in [1.29, 1.82) is 5.26 Å². The van der Waals surface area contributed by atoms with Gasteiger partial charge in [-0.2, -0.15) is 15.5 Å². The Hall–Kier alpha value is -3.59. The maximum Gasteiger partial charge on any atom is 0.230 e. The zero-order valence-corrected chi connectivity index (χ0v) is 19.5. The highest BCUT2D eigenvalue weighted by atomic mass is 19.1. The van der Waals surface area contributed by atoms with Crippen molar-refractivity contribution >= 4 is 17.3 Å². The van der Waals surface area contributed by atoms with Crippen molar-refractivity contribution in [2.75, 3.05) is 12.4 Å². The summed E-state index contributed by atoms with van der Waals surface area (Å²) in [6.45, 7) is 10.3. The van der Waals surface area contributed by atoms with Crippen molar-refractivity contribution in [3.63, 3.8) is 0 Å². The van der Waals surface area contributed by atoms with E-state index in [0.717, 1.165) is 12.0 Å². The second kappa shape index (κ2) is 9.50. The number of anilines is 1. The first-order chi connectivity index (χ1) is 15.7. The van der Waals surface area contributed by atoms with E-state index in [0.29, 0.717) is 28.9 Å². The molecule has 1 amide bonds. The number of para-hydroxylation sites is 1. The molecule has 0 radical (unpaired) electrons. The zero-order valence-electron chi connectivity index (χ0n) is 19.5. The Bertz CT molecular complexity index is 1170. The Morgan fingerprint density at radius 3 is 2.55 bits per heavy atom. The summed E-state index contributed by atoms with van der Waals surface area (Å²) >= 11 is 0. The molecule has 0 aliphatic heterocycles. The fourth-order valence-electron chi connectivity index (χ4n) is 4.72. The fourth-order valence-corrected chi connectivity index (χ4v) is 4.72. The Morgan fingerprint density at radius 1 is 1.21 bits per heavy atom. The van der Waals surface area contributed by atoms with Gasteiger partial charge in [-0.25, -0.2) is 4.39 Å². The van der Waals surface area contributed by atoms with E-state index < -0.39 is 10.8 Å². The summed E-state index contributed by atoms with van der Waals surface area (Å²) in [4.78, 5) is 13.4. The van der Waals surface area contributed by atoms with Gasteiger partial charge < -0.3 is 5.32 Å². The van der Waals surface area contributed by atoms with Crippen molar-refractivity contribution in [2.24, 2.45) is 27.0 Å². The predicted molar refractivity (Wildman–Crippen MR) is 129 cm³/mol. The maximum atomic E-state index is 14.4. The van der Waals surface area contributed by atoms with E-state index in [1.165, 1.54) is 13.1 Å². The topological polar surface area (TPSA) is 77.6 Å². The van der Waals surface area contributed by atoms with Crippen molar-refractivity contribution in [2.45, 2.75) is 33.6 Å². The molecular formula is C27H29FN4O. The van der Waals surface area contributed by atoms with Crippen LogP contribution >= 0.6 is 0 Å². The molecule has 1 N–H and O–H groups in total. The Labute approximate surface area is 194 Å². The molecule has 1 saturated carbocycles. The second-order valence-electron chi connectivity index (χ2n) is 9.14. The number of carbonyl (C=O) groups is 1. The Balaban J connectivity index is 1.89. The summed E-state index contributed by atoms with van der Waals surface area (Å²) in [6.07, 6.45) is 3.18. The van der Waals surface area contributed by atoms with Crippen LogP contribution in [0.1, 0.15) is 44.7 Å². The van der Waals surface area contributed by atoms with Gasteiger partial charge in [-0.1, -0.05) is 51.6 Å². The number of azo groups is 1. The first-order valence-corrected chi connectivity index (χ1v) is 10.9. The van der Waals surface area contributed by atoms with Crippen LogP contribution in [0.25, 0.3) is 5.70 Å². The molecule has 0 bridgehead atoms. The minimum absolute atomic E-state index is 0.0201. The third-order valence-corrected chi connectivity index (χ3v) is 7.15. The summed E-state index contributed by atoms with van der Waals surface area (Å²) in [5, 5.41) is 20.3. The zero-order chi connectivity index (χ0) is 24.2. The van der Waals surface area contributed by atoms with Crippen LogP contribution < -0.4 is 5.32 Å². The smallest absolute Gasteiger partial charge is 0.230 e. The van der Waals surface area contributed by atoms with Gasteiger partial charge in [0.15, 0.2) is 0 Å². The lowest BCUT2D eigenvalue weighted by Crippen LogP contribution is -2.44. The van der Waals surface area contributed by atoms with Gasteiger partial charge in [-0.3, -0.25) is 4.79 Å². The summed E-state index contributed by atoms with van der Waals surface area (Å²) in [5.74, 6) is -0.527. The molecule has 33 heavy (non-hydrogen) atoms. The molecule has 5 nitrogen and oxygen atoms in total. The molecular weight excluding hydrogens is 415 g/mol. The predicted octanol–water partition coefficient (Wildman–Crippen LogP) is 6.76. The van der Waals surface area contributed by atoms with E-state index in [-0.39, 0.29) is 17.6 Å². The monoisotopic (exact) mass is 444 g/mol. The summed E-state index contributed by atoms with van der Waals surface area (Å²) in [6, 6.07) is 15.5. The summed E-state index contributed by atoms with van der Waals surface area (Å²) < 4.78 is 14.4. The minimum Gasteiger partial charge on any atom is -0.324 e. The molecule has 2 atom stereocenters. The molecule has 0 saturated heterocycles. The molecule has 2 aromatic rings. The molecule has 0 unspecified atom stereocenters. The average Bonchev–Trinajstić information content (AvgIpc) is 3.04. The number of carbonyl (C=O) groups excluding carboxylic acids is 1. The molecule has 2 aromatic carbocycles. The first-order valence-electron chi connectivity index (χ1n) is 10.9. The van der Waals surface area contributed by atoms with Gasteiger partial charge in [0, 0.05) is 12.6 Å². The van der Waals surface area contributed by atoms with Crippen molar-refractivity contribution in [1.82, 2.24) is 0 Å². The lowest BCUT2D eigenvalue weighted by atomic mass is 9.63. The highest BCUT2D eigenvalue weighted by molar-refractivity contribution is 5.97. The number of halogens is 1. The van der Waals surface area contributed by atoms with Gasteiger partial charge in [0.2, 0.25) is 5.91 Å². The van der Waals surface area contributed by atoms with Crippen LogP contribution in [0.2, 0.25) is 0 Å². The summed E-state index contributed by atoms with van der Waals surface area (Å²) in [5.41, 5.74) is 1.32. The highest BCUT2D eigenvalue weighted by Crippen LogP contribution is 2.58. The van der Waals surface area contributed by atoms with Crippen LogP contribution in [0.4, 0.5) is 10.1 Å². The van der Waals surface area contributed by atoms with E-state index >= 15 is 0 Å². The molecule has 1 aliphatic rings. The van der Waals surface area contributed by atoms with E-state index in [1.54, 1.807) is 48.5 Å².